The molecule has 0 radical (unpaired) electrons. The molecule has 1 fully saturated rings. The second-order valence-corrected chi connectivity index (χ2v) is 5.10. The monoisotopic (exact) mass is 299 g/mol. The third kappa shape index (κ3) is 3.23. The summed E-state index contributed by atoms with van der Waals surface area (Å²) < 4.78 is 0. The summed E-state index contributed by atoms with van der Waals surface area (Å²) in [5.41, 5.74) is -0.551. The van der Waals surface area contributed by atoms with Crippen LogP contribution in [0, 0.1) is 10.1 Å². The summed E-state index contributed by atoms with van der Waals surface area (Å²) in [4.78, 5) is 25.9. The molecule has 1 aliphatic rings. The van der Waals surface area contributed by atoms with Crippen molar-refractivity contribution >= 4 is 23.2 Å². The number of aromatic nitrogens is 1. The van der Waals surface area contributed by atoms with Gasteiger partial charge in [-0.15, -0.1) is 0 Å². The number of nitrogens with one attached hydrogen (secondary N) is 1. The van der Waals surface area contributed by atoms with Gasteiger partial charge in [-0.2, -0.15) is 0 Å². The fourth-order valence-corrected chi connectivity index (χ4v) is 2.43. The standard InChI is InChI=1S/C12H14ClN3O4/c13-11-5-7(9(6-14-11)16(19)20)12(18)15-8-3-1-2-4-10(8)17/h5-6,8,10,17H,1-4H2,(H,15,18). The number of carbonyl (C=O) groups is 1. The van der Waals surface area contributed by atoms with Gasteiger partial charge in [0.05, 0.1) is 17.1 Å². The van der Waals surface area contributed by atoms with Crippen LogP contribution in [-0.4, -0.2) is 33.1 Å². The van der Waals surface area contributed by atoms with Gasteiger partial charge in [0, 0.05) is 0 Å². The second kappa shape index (κ2) is 6.15. The number of carbonyl (C=O) groups excluding carboxylic acids is 1. The van der Waals surface area contributed by atoms with E-state index in [2.05, 4.69) is 10.3 Å². The van der Waals surface area contributed by atoms with Crippen LogP contribution in [0.2, 0.25) is 5.15 Å². The fraction of sp³-hybridized carbons (Fsp3) is 0.500. The minimum atomic E-state index is -0.685. The number of rotatable bonds is 3. The van der Waals surface area contributed by atoms with E-state index in [1.54, 1.807) is 0 Å². The Morgan fingerprint density at radius 1 is 1.50 bits per heavy atom. The van der Waals surface area contributed by atoms with Crippen LogP contribution >= 0.6 is 11.6 Å². The quantitative estimate of drug-likeness (QED) is 0.502. The average molecular weight is 300 g/mol. The summed E-state index contributed by atoms with van der Waals surface area (Å²) in [6.07, 6.45) is 3.41. The maximum absolute atomic E-state index is 12.1. The van der Waals surface area contributed by atoms with Crippen molar-refractivity contribution in [2.75, 3.05) is 0 Å². The Bertz CT molecular complexity index is 537. The van der Waals surface area contributed by atoms with Crippen LogP contribution < -0.4 is 5.32 Å². The van der Waals surface area contributed by atoms with Gasteiger partial charge < -0.3 is 10.4 Å². The Balaban J connectivity index is 2.20. The molecule has 108 valence electrons. The highest BCUT2D eigenvalue weighted by Gasteiger charge is 2.28. The molecule has 1 heterocycles. The number of hydrogen-bond donors (Lipinski definition) is 2. The Hall–Kier alpha value is -1.73. The maximum atomic E-state index is 12.1. The summed E-state index contributed by atoms with van der Waals surface area (Å²) in [5.74, 6) is -0.619. The van der Waals surface area contributed by atoms with E-state index >= 15 is 0 Å². The number of amides is 1. The molecule has 20 heavy (non-hydrogen) atoms. The third-order valence-corrected chi connectivity index (χ3v) is 3.54. The lowest BCUT2D eigenvalue weighted by Crippen LogP contribution is -2.45. The molecule has 2 atom stereocenters. The van der Waals surface area contributed by atoms with Gasteiger partial charge in [-0.25, -0.2) is 4.98 Å². The maximum Gasteiger partial charge on any atom is 0.300 e. The fourth-order valence-electron chi connectivity index (χ4n) is 2.28. The molecule has 1 aromatic heterocycles. The number of halogens is 1. The van der Waals surface area contributed by atoms with Crippen LogP contribution in [0.5, 0.6) is 0 Å². The van der Waals surface area contributed by atoms with E-state index in [0.29, 0.717) is 12.8 Å². The molecule has 2 rings (SSSR count). The molecule has 7 nitrogen and oxygen atoms in total. The lowest BCUT2D eigenvalue weighted by Gasteiger charge is -2.28. The zero-order chi connectivity index (χ0) is 14.7. The molecule has 0 spiro atoms. The molecule has 2 N–H and O–H groups in total. The van der Waals surface area contributed by atoms with Crippen molar-refractivity contribution in [3.63, 3.8) is 0 Å². The van der Waals surface area contributed by atoms with Gasteiger partial charge in [0.25, 0.3) is 11.6 Å². The van der Waals surface area contributed by atoms with Gasteiger partial charge in [0.2, 0.25) is 0 Å². The van der Waals surface area contributed by atoms with E-state index in [4.69, 9.17) is 11.6 Å². The van der Waals surface area contributed by atoms with Crippen LogP contribution in [0.3, 0.4) is 0 Å². The molecule has 0 bridgehead atoms. The topological polar surface area (TPSA) is 105 Å². The lowest BCUT2D eigenvalue weighted by atomic mass is 9.92. The zero-order valence-corrected chi connectivity index (χ0v) is 11.3. The number of nitrogens with zero attached hydrogens (tertiary/aromatic N) is 2. The normalized spacial score (nSPS) is 22.3. The van der Waals surface area contributed by atoms with Crippen molar-refractivity contribution in [1.82, 2.24) is 10.3 Å². The minimum Gasteiger partial charge on any atom is -0.391 e. The van der Waals surface area contributed by atoms with Gasteiger partial charge >= 0.3 is 0 Å². The Labute approximate surface area is 120 Å². The molecule has 1 saturated carbocycles. The van der Waals surface area contributed by atoms with Crippen molar-refractivity contribution in [3.05, 3.63) is 33.1 Å². The summed E-state index contributed by atoms with van der Waals surface area (Å²) in [7, 11) is 0. The van der Waals surface area contributed by atoms with Crippen molar-refractivity contribution < 1.29 is 14.8 Å². The van der Waals surface area contributed by atoms with Crippen molar-refractivity contribution in [2.24, 2.45) is 0 Å². The Morgan fingerprint density at radius 3 is 2.85 bits per heavy atom. The van der Waals surface area contributed by atoms with Crippen molar-refractivity contribution in [3.8, 4) is 0 Å². The molecule has 0 aliphatic heterocycles. The third-order valence-electron chi connectivity index (χ3n) is 3.34. The van der Waals surface area contributed by atoms with E-state index in [-0.39, 0.29) is 16.8 Å². The molecule has 1 aliphatic carbocycles. The van der Waals surface area contributed by atoms with Crippen LogP contribution in [0.4, 0.5) is 5.69 Å². The summed E-state index contributed by atoms with van der Waals surface area (Å²) in [6, 6.07) is 0.771. The van der Waals surface area contributed by atoms with E-state index < -0.39 is 22.6 Å². The van der Waals surface area contributed by atoms with Gasteiger partial charge in [-0.05, 0) is 18.9 Å². The molecule has 1 amide bonds. The number of pyridine rings is 1. The first kappa shape index (κ1) is 14.7. The van der Waals surface area contributed by atoms with Crippen molar-refractivity contribution in [2.45, 2.75) is 37.8 Å². The van der Waals surface area contributed by atoms with Gasteiger partial charge in [-0.3, -0.25) is 14.9 Å². The lowest BCUT2D eigenvalue weighted by molar-refractivity contribution is -0.385. The molecule has 1 aromatic rings. The summed E-state index contributed by atoms with van der Waals surface area (Å²) in [5, 5.41) is 23.3. The predicted octanol–water partition coefficient (Wildman–Crippen LogP) is 1.68. The second-order valence-electron chi connectivity index (χ2n) is 4.71. The van der Waals surface area contributed by atoms with E-state index in [1.165, 1.54) is 0 Å². The average Bonchev–Trinajstić information content (AvgIpc) is 2.40. The zero-order valence-electron chi connectivity index (χ0n) is 10.6. The number of hydrogen-bond acceptors (Lipinski definition) is 5. The highest BCUT2D eigenvalue weighted by atomic mass is 35.5. The van der Waals surface area contributed by atoms with Gasteiger partial charge in [0.15, 0.2) is 0 Å². The SMILES string of the molecule is O=C(NC1CCCCC1O)c1cc(Cl)ncc1[N+](=O)[O-]. The van der Waals surface area contributed by atoms with Gasteiger partial charge in [0.1, 0.15) is 16.9 Å². The van der Waals surface area contributed by atoms with E-state index in [9.17, 15) is 20.0 Å². The van der Waals surface area contributed by atoms with E-state index in [0.717, 1.165) is 25.1 Å². The summed E-state index contributed by atoms with van der Waals surface area (Å²) >= 11 is 5.67. The first-order valence-corrected chi connectivity index (χ1v) is 6.65. The number of nitro groups is 1. The number of aliphatic hydroxyl groups is 1. The van der Waals surface area contributed by atoms with Crippen LogP contribution in [-0.2, 0) is 0 Å². The van der Waals surface area contributed by atoms with Crippen LogP contribution in [0.1, 0.15) is 36.0 Å². The van der Waals surface area contributed by atoms with Gasteiger partial charge in [-0.1, -0.05) is 24.4 Å². The summed E-state index contributed by atoms with van der Waals surface area (Å²) in [6.45, 7) is 0. The first-order valence-electron chi connectivity index (χ1n) is 6.28. The van der Waals surface area contributed by atoms with E-state index in [1.807, 2.05) is 0 Å². The van der Waals surface area contributed by atoms with Crippen LogP contribution in [0.15, 0.2) is 12.3 Å². The predicted molar refractivity (Wildman–Crippen MR) is 71.6 cm³/mol. The molecule has 0 aromatic carbocycles. The largest absolute Gasteiger partial charge is 0.391 e. The smallest absolute Gasteiger partial charge is 0.300 e. The number of aliphatic hydroxyl groups excluding tert-OH is 1. The molecular formula is C12H14ClN3O4. The molecule has 2 unspecified atom stereocenters. The minimum absolute atomic E-state index is 0.00458. The highest BCUT2D eigenvalue weighted by molar-refractivity contribution is 6.29. The Morgan fingerprint density at radius 2 is 2.20 bits per heavy atom. The van der Waals surface area contributed by atoms with Crippen LogP contribution in [0.25, 0.3) is 0 Å². The molecular weight excluding hydrogens is 286 g/mol. The first-order chi connectivity index (χ1) is 9.49. The van der Waals surface area contributed by atoms with Crippen molar-refractivity contribution in [1.29, 1.82) is 0 Å². The highest BCUT2D eigenvalue weighted by Crippen LogP contribution is 2.22. The molecule has 0 saturated heterocycles. The molecule has 8 heteroatoms. The Kier molecular flexibility index (Phi) is 4.51.